The molecule has 2 fully saturated rings. The second-order valence-electron chi connectivity index (χ2n) is 5.59. The summed E-state index contributed by atoms with van der Waals surface area (Å²) in [5.74, 6) is 0.610. The zero-order valence-corrected chi connectivity index (χ0v) is 12.4. The summed E-state index contributed by atoms with van der Waals surface area (Å²) in [5.41, 5.74) is -0.531. The maximum absolute atomic E-state index is 12.2. The van der Waals surface area contributed by atoms with Gasteiger partial charge in [0.15, 0.2) is 10.8 Å². The maximum Gasteiger partial charge on any atom is 0.410 e. The average molecular weight is 314 g/mol. The first-order valence-electron chi connectivity index (χ1n) is 6.80. The van der Waals surface area contributed by atoms with Crippen molar-refractivity contribution in [2.24, 2.45) is 0 Å². The molecule has 2 aliphatic heterocycles. The number of likely N-dealkylation sites (tertiary alicyclic amines) is 1. The number of amides is 2. The van der Waals surface area contributed by atoms with Gasteiger partial charge in [-0.3, -0.25) is 4.79 Å². The van der Waals surface area contributed by atoms with Crippen LogP contribution in [0.15, 0.2) is 10.6 Å². The van der Waals surface area contributed by atoms with Crippen molar-refractivity contribution >= 4 is 23.6 Å². The Labute approximate surface area is 126 Å². The fourth-order valence-corrected chi connectivity index (χ4v) is 3.01. The van der Waals surface area contributed by atoms with Crippen LogP contribution in [0.5, 0.6) is 0 Å². The number of carbonyl (C=O) groups excluding carboxylic acids is 2. The van der Waals surface area contributed by atoms with Crippen LogP contribution in [0.4, 0.5) is 4.79 Å². The third-order valence-electron chi connectivity index (χ3n) is 3.93. The van der Waals surface area contributed by atoms with Gasteiger partial charge in [-0.1, -0.05) is 16.8 Å². The van der Waals surface area contributed by atoms with E-state index in [1.54, 1.807) is 22.9 Å². The van der Waals surface area contributed by atoms with Crippen molar-refractivity contribution in [3.63, 3.8) is 0 Å². The van der Waals surface area contributed by atoms with Gasteiger partial charge in [-0.05, 0) is 0 Å². The van der Waals surface area contributed by atoms with Crippen molar-refractivity contribution in [3.8, 4) is 0 Å². The van der Waals surface area contributed by atoms with Gasteiger partial charge in [0.25, 0.3) is 0 Å². The summed E-state index contributed by atoms with van der Waals surface area (Å²) in [5, 5.41) is 3.86. The molecule has 0 unspecified atom stereocenters. The summed E-state index contributed by atoms with van der Waals surface area (Å²) in [4.78, 5) is 27.0. The Morgan fingerprint density at radius 1 is 1.52 bits per heavy atom. The highest BCUT2D eigenvalue weighted by Gasteiger charge is 2.49. The first-order chi connectivity index (χ1) is 9.97. The van der Waals surface area contributed by atoms with Gasteiger partial charge in [0, 0.05) is 38.9 Å². The minimum absolute atomic E-state index is 0.0185. The standard InChI is InChI=1S/C13H16ClN3O4/c1-16-7-13(20-12(16)19)4-5-17(8-13)11(18)3-2-9-6-10(14)15-21-9/h6H,2-5,7-8H2,1H3/t13-/m1/s1. The predicted molar refractivity (Wildman–Crippen MR) is 72.9 cm³/mol. The molecule has 0 aliphatic carbocycles. The van der Waals surface area contributed by atoms with E-state index in [0.717, 1.165) is 0 Å². The van der Waals surface area contributed by atoms with Crippen LogP contribution >= 0.6 is 11.6 Å². The average Bonchev–Trinajstić information content (AvgIpc) is 3.09. The summed E-state index contributed by atoms with van der Waals surface area (Å²) < 4.78 is 10.4. The zero-order valence-electron chi connectivity index (χ0n) is 11.7. The van der Waals surface area contributed by atoms with E-state index in [-0.39, 0.29) is 12.0 Å². The highest BCUT2D eigenvalue weighted by Crippen LogP contribution is 2.32. The first-order valence-corrected chi connectivity index (χ1v) is 7.18. The molecule has 3 heterocycles. The van der Waals surface area contributed by atoms with E-state index < -0.39 is 5.60 Å². The molecule has 0 bridgehead atoms. The second-order valence-corrected chi connectivity index (χ2v) is 5.98. The first kappa shape index (κ1) is 14.2. The predicted octanol–water partition coefficient (Wildman–Crippen LogP) is 1.31. The van der Waals surface area contributed by atoms with Crippen molar-refractivity contribution in [2.45, 2.75) is 24.9 Å². The normalized spacial score (nSPS) is 25.0. The largest absolute Gasteiger partial charge is 0.439 e. The van der Waals surface area contributed by atoms with Crippen LogP contribution in [0, 0.1) is 0 Å². The minimum Gasteiger partial charge on any atom is -0.439 e. The number of carbonyl (C=O) groups is 2. The van der Waals surface area contributed by atoms with Gasteiger partial charge < -0.3 is 19.1 Å². The van der Waals surface area contributed by atoms with Crippen molar-refractivity contribution < 1.29 is 18.8 Å². The van der Waals surface area contributed by atoms with Gasteiger partial charge in [0.1, 0.15) is 5.76 Å². The number of nitrogens with zero attached hydrogens (tertiary/aromatic N) is 3. The summed E-state index contributed by atoms with van der Waals surface area (Å²) in [6.45, 7) is 1.60. The molecule has 8 heteroatoms. The lowest BCUT2D eigenvalue weighted by Crippen LogP contribution is -2.39. The van der Waals surface area contributed by atoms with E-state index in [0.29, 0.717) is 49.8 Å². The molecule has 0 aromatic carbocycles. The third-order valence-corrected chi connectivity index (χ3v) is 4.10. The lowest BCUT2D eigenvalue weighted by molar-refractivity contribution is -0.131. The smallest absolute Gasteiger partial charge is 0.410 e. The number of ether oxygens (including phenoxy) is 1. The molecule has 0 radical (unpaired) electrons. The van der Waals surface area contributed by atoms with Crippen molar-refractivity contribution in [1.29, 1.82) is 0 Å². The van der Waals surface area contributed by atoms with E-state index in [1.165, 1.54) is 0 Å². The quantitative estimate of drug-likeness (QED) is 0.841. The van der Waals surface area contributed by atoms with E-state index >= 15 is 0 Å². The highest BCUT2D eigenvalue weighted by molar-refractivity contribution is 6.29. The second kappa shape index (κ2) is 5.22. The Morgan fingerprint density at radius 2 is 2.33 bits per heavy atom. The van der Waals surface area contributed by atoms with Crippen molar-refractivity contribution in [3.05, 3.63) is 17.0 Å². The Bertz CT molecular complexity index is 576. The number of halogens is 1. The van der Waals surface area contributed by atoms with E-state index in [2.05, 4.69) is 5.16 Å². The summed E-state index contributed by atoms with van der Waals surface area (Å²) >= 11 is 5.66. The zero-order chi connectivity index (χ0) is 15.0. The van der Waals surface area contributed by atoms with E-state index in [1.807, 2.05) is 0 Å². The molecule has 2 saturated heterocycles. The lowest BCUT2D eigenvalue weighted by Gasteiger charge is -2.21. The van der Waals surface area contributed by atoms with Crippen LogP contribution in [0.25, 0.3) is 0 Å². The van der Waals surface area contributed by atoms with Crippen LogP contribution in [0.3, 0.4) is 0 Å². The van der Waals surface area contributed by atoms with E-state index in [9.17, 15) is 9.59 Å². The number of rotatable bonds is 3. The number of likely N-dealkylation sites (N-methyl/N-ethyl adjacent to an activating group) is 1. The molecule has 21 heavy (non-hydrogen) atoms. The monoisotopic (exact) mass is 313 g/mol. The highest BCUT2D eigenvalue weighted by atomic mass is 35.5. The van der Waals surface area contributed by atoms with Gasteiger partial charge in [0.2, 0.25) is 5.91 Å². The Hall–Kier alpha value is -1.76. The summed E-state index contributed by atoms with van der Waals surface area (Å²) in [6, 6.07) is 1.61. The number of aromatic nitrogens is 1. The minimum atomic E-state index is -0.531. The van der Waals surface area contributed by atoms with Crippen LogP contribution in [0.1, 0.15) is 18.6 Å². The molecular weight excluding hydrogens is 298 g/mol. The molecule has 1 aromatic rings. The van der Waals surface area contributed by atoms with Gasteiger partial charge in [-0.25, -0.2) is 4.79 Å². The van der Waals surface area contributed by atoms with Crippen LogP contribution in [0.2, 0.25) is 5.15 Å². The molecule has 0 saturated carbocycles. The molecule has 3 rings (SSSR count). The molecule has 7 nitrogen and oxygen atoms in total. The molecule has 2 aliphatic rings. The fraction of sp³-hybridized carbons (Fsp3) is 0.615. The topological polar surface area (TPSA) is 75.9 Å². The number of hydrogen-bond donors (Lipinski definition) is 0. The number of aryl methyl sites for hydroxylation is 1. The molecular formula is C13H16ClN3O4. The van der Waals surface area contributed by atoms with Crippen molar-refractivity contribution in [1.82, 2.24) is 15.0 Å². The molecule has 114 valence electrons. The Balaban J connectivity index is 1.54. The number of hydrogen-bond acceptors (Lipinski definition) is 5. The molecule has 1 aromatic heterocycles. The lowest BCUT2D eigenvalue weighted by atomic mass is 10.0. The SMILES string of the molecule is CN1C[C@@]2(CCN(C(=O)CCc3cc(Cl)no3)C2)OC1=O. The van der Waals surface area contributed by atoms with Gasteiger partial charge in [-0.15, -0.1) is 0 Å². The van der Waals surface area contributed by atoms with Gasteiger partial charge in [-0.2, -0.15) is 0 Å². The van der Waals surface area contributed by atoms with Crippen molar-refractivity contribution in [2.75, 3.05) is 26.7 Å². The molecule has 1 atom stereocenters. The maximum atomic E-state index is 12.2. The summed E-state index contributed by atoms with van der Waals surface area (Å²) in [6.07, 6.45) is 1.15. The third kappa shape index (κ3) is 2.83. The molecule has 2 amide bonds. The van der Waals surface area contributed by atoms with E-state index in [4.69, 9.17) is 20.9 Å². The van der Waals surface area contributed by atoms with Crippen LogP contribution < -0.4 is 0 Å². The van der Waals surface area contributed by atoms with Gasteiger partial charge in [0.05, 0.1) is 13.1 Å². The molecule has 1 spiro atoms. The Kier molecular flexibility index (Phi) is 3.52. The summed E-state index contributed by atoms with van der Waals surface area (Å²) in [7, 11) is 1.70. The van der Waals surface area contributed by atoms with Gasteiger partial charge >= 0.3 is 6.09 Å². The Morgan fingerprint density at radius 3 is 2.95 bits per heavy atom. The fourth-order valence-electron chi connectivity index (χ4n) is 2.86. The van der Waals surface area contributed by atoms with Crippen LogP contribution in [-0.2, 0) is 16.0 Å². The van der Waals surface area contributed by atoms with Crippen LogP contribution in [-0.4, -0.2) is 59.2 Å². The molecule has 0 N–H and O–H groups in total.